The second-order valence-corrected chi connectivity index (χ2v) is 11.3. The Morgan fingerprint density at radius 1 is 0.921 bits per heavy atom. The second kappa shape index (κ2) is 9.40. The van der Waals surface area contributed by atoms with E-state index in [1.54, 1.807) is 12.1 Å². The molecule has 0 saturated heterocycles. The third-order valence-electron chi connectivity index (χ3n) is 8.19. The first-order valence-electron chi connectivity index (χ1n) is 13.3. The van der Waals surface area contributed by atoms with Gasteiger partial charge >= 0.3 is 0 Å². The Kier molecular flexibility index (Phi) is 6.03. The third kappa shape index (κ3) is 4.36. The molecule has 0 aliphatic heterocycles. The quantitative estimate of drug-likeness (QED) is 0.294. The predicted octanol–water partition coefficient (Wildman–Crippen LogP) is 6.43. The number of carbonyl (C=O) groups excluding carboxylic acids is 1. The summed E-state index contributed by atoms with van der Waals surface area (Å²) in [4.78, 5) is 15.7. The van der Waals surface area contributed by atoms with Gasteiger partial charge in [-0.1, -0.05) is 74.5 Å². The number of halogens is 1. The molecule has 4 aromatic rings. The van der Waals surface area contributed by atoms with E-state index in [4.69, 9.17) is 0 Å². The van der Waals surface area contributed by atoms with E-state index in [0.29, 0.717) is 5.56 Å². The number of rotatable bonds is 5. The Labute approximate surface area is 223 Å². The largest absolute Gasteiger partial charge is 0.370 e. The van der Waals surface area contributed by atoms with Gasteiger partial charge in [0.25, 0.3) is 0 Å². The number of Topliss-reactive ketones (excluding diaryl/α,β-unsaturated/α-hetero) is 1. The lowest BCUT2D eigenvalue weighted by atomic mass is 9.69. The monoisotopic (exact) mass is 501 g/mol. The Hall–Kier alpha value is -3.98. The van der Waals surface area contributed by atoms with Gasteiger partial charge in [0.05, 0.1) is 0 Å². The molecule has 6 rings (SSSR count). The fraction of sp³-hybridized carbons (Fsp3) is 0.229. The summed E-state index contributed by atoms with van der Waals surface area (Å²) in [7, 11) is 2.14. The van der Waals surface area contributed by atoms with E-state index in [1.807, 2.05) is 6.07 Å². The molecule has 0 saturated carbocycles. The highest BCUT2D eigenvalue weighted by Gasteiger charge is 2.34. The van der Waals surface area contributed by atoms with Gasteiger partial charge in [0.1, 0.15) is 5.82 Å². The van der Waals surface area contributed by atoms with Crippen LogP contribution in [0.3, 0.4) is 0 Å². The summed E-state index contributed by atoms with van der Waals surface area (Å²) in [5, 5.41) is 2.40. The van der Waals surface area contributed by atoms with Crippen LogP contribution in [0.25, 0.3) is 23.3 Å². The number of hydrogen-bond donors (Lipinski definition) is 0. The van der Waals surface area contributed by atoms with E-state index in [2.05, 4.69) is 92.5 Å². The molecule has 38 heavy (non-hydrogen) atoms. The van der Waals surface area contributed by atoms with E-state index < -0.39 is 0 Å². The standard InChI is InChI=1S/C35H32FNO/c1-35(2)21-26(34(38)24-9-12-27(36)13-10-24)20-32-31-15-11-25-19-28(37(3)22-23-7-5-4-6-8-23)14-16-29(25)30(31)17-18-33(32)35/h4-10,12-20,26H,11,21-22H2,1-3H3. The number of hydrogen-bond acceptors (Lipinski definition) is 2. The van der Waals surface area contributed by atoms with Crippen LogP contribution in [-0.2, 0) is 18.4 Å². The topological polar surface area (TPSA) is 20.3 Å². The summed E-state index contributed by atoms with van der Waals surface area (Å²) >= 11 is 0. The first-order chi connectivity index (χ1) is 18.3. The summed E-state index contributed by atoms with van der Waals surface area (Å²) in [5.74, 6) is -0.501. The summed E-state index contributed by atoms with van der Waals surface area (Å²) in [6.45, 7) is 5.31. The minimum Gasteiger partial charge on any atom is -0.370 e. The average molecular weight is 502 g/mol. The first kappa shape index (κ1) is 24.4. The van der Waals surface area contributed by atoms with Crippen molar-refractivity contribution in [3.63, 3.8) is 0 Å². The highest BCUT2D eigenvalue weighted by atomic mass is 19.1. The molecule has 0 N–H and O–H groups in total. The zero-order valence-electron chi connectivity index (χ0n) is 22.2. The lowest BCUT2D eigenvalue weighted by Crippen LogP contribution is -2.43. The maximum atomic E-state index is 13.5. The molecule has 3 heteroatoms. The van der Waals surface area contributed by atoms with E-state index in [9.17, 15) is 9.18 Å². The van der Waals surface area contributed by atoms with Crippen molar-refractivity contribution in [2.75, 3.05) is 11.9 Å². The molecule has 190 valence electrons. The smallest absolute Gasteiger partial charge is 0.169 e. The Morgan fingerprint density at radius 2 is 1.66 bits per heavy atom. The van der Waals surface area contributed by atoms with Gasteiger partial charge in [-0.15, -0.1) is 0 Å². The molecule has 0 heterocycles. The van der Waals surface area contributed by atoms with Gasteiger partial charge in [-0.3, -0.25) is 4.79 Å². The van der Waals surface area contributed by atoms with E-state index >= 15 is 0 Å². The lowest BCUT2D eigenvalue weighted by Gasteiger charge is -2.34. The molecule has 1 unspecified atom stereocenters. The van der Waals surface area contributed by atoms with Crippen LogP contribution in [0, 0.1) is 11.7 Å². The minimum absolute atomic E-state index is 0.0589. The normalized spacial score (nSPS) is 16.8. The summed E-state index contributed by atoms with van der Waals surface area (Å²) in [6.07, 6.45) is 6.09. The van der Waals surface area contributed by atoms with Crippen LogP contribution in [0.15, 0.2) is 84.9 Å². The van der Waals surface area contributed by atoms with E-state index in [0.717, 1.165) is 19.4 Å². The van der Waals surface area contributed by atoms with Gasteiger partial charge in [-0.25, -0.2) is 4.39 Å². The predicted molar refractivity (Wildman–Crippen MR) is 154 cm³/mol. The molecular weight excluding hydrogens is 469 g/mol. The minimum atomic E-state index is -0.323. The van der Waals surface area contributed by atoms with Gasteiger partial charge in [0.2, 0.25) is 0 Å². The maximum Gasteiger partial charge on any atom is 0.169 e. The third-order valence-corrected chi connectivity index (χ3v) is 8.19. The first-order valence-corrected chi connectivity index (χ1v) is 13.3. The van der Waals surface area contributed by atoms with Gasteiger partial charge in [0.15, 0.2) is 5.78 Å². The van der Waals surface area contributed by atoms with Crippen LogP contribution in [0.4, 0.5) is 10.1 Å². The number of nitrogens with zero attached hydrogens (tertiary/aromatic N) is 1. The zero-order chi connectivity index (χ0) is 26.4. The van der Waals surface area contributed by atoms with Crippen molar-refractivity contribution in [3.8, 4) is 11.1 Å². The molecule has 0 fully saturated rings. The molecule has 0 amide bonds. The number of benzene rings is 4. The van der Waals surface area contributed by atoms with Crippen LogP contribution in [-0.4, -0.2) is 12.8 Å². The molecule has 0 spiro atoms. The molecule has 4 aromatic carbocycles. The fourth-order valence-corrected chi connectivity index (χ4v) is 6.19. The highest BCUT2D eigenvalue weighted by molar-refractivity contribution is 6.01. The summed E-state index contributed by atoms with van der Waals surface area (Å²) in [6, 6.07) is 27.8. The molecule has 0 radical (unpaired) electrons. The van der Waals surface area contributed by atoms with E-state index in [1.165, 1.54) is 56.1 Å². The molecular formula is C35H32FNO. The Bertz CT molecular complexity index is 1650. The van der Waals surface area contributed by atoms with Crippen molar-refractivity contribution in [1.82, 2.24) is 0 Å². The van der Waals surface area contributed by atoms with Crippen molar-refractivity contribution < 1.29 is 9.18 Å². The number of ketones is 1. The average Bonchev–Trinajstić information content (AvgIpc) is 2.92. The molecule has 1 atom stereocenters. The Morgan fingerprint density at radius 3 is 2.42 bits per heavy atom. The van der Waals surface area contributed by atoms with Crippen molar-refractivity contribution in [1.29, 1.82) is 0 Å². The molecule has 0 aromatic heterocycles. The van der Waals surface area contributed by atoms with Crippen molar-refractivity contribution in [2.45, 2.75) is 38.6 Å². The number of anilines is 1. The van der Waals surface area contributed by atoms with Crippen LogP contribution >= 0.6 is 0 Å². The molecule has 2 nitrogen and oxygen atoms in total. The SMILES string of the molecule is CN(Cc1ccccc1)c1ccc2c(c1)CC=c1c-2ccc2c1=CC(C(=O)c1ccc(F)cc1)CC2(C)C. The van der Waals surface area contributed by atoms with E-state index in [-0.39, 0.29) is 22.9 Å². The second-order valence-electron chi connectivity index (χ2n) is 11.3. The van der Waals surface area contributed by atoms with Crippen molar-refractivity contribution >= 4 is 23.6 Å². The molecule has 0 bridgehead atoms. The van der Waals surface area contributed by atoms with Gasteiger partial charge < -0.3 is 4.90 Å². The lowest BCUT2D eigenvalue weighted by molar-refractivity contribution is 0.0933. The van der Waals surface area contributed by atoms with Crippen LogP contribution in [0.5, 0.6) is 0 Å². The summed E-state index contributed by atoms with van der Waals surface area (Å²) in [5.41, 5.74) is 8.03. The van der Waals surface area contributed by atoms with Crippen LogP contribution < -0.4 is 15.3 Å². The van der Waals surface area contributed by atoms with Crippen LogP contribution in [0.1, 0.15) is 47.3 Å². The summed E-state index contributed by atoms with van der Waals surface area (Å²) < 4.78 is 13.5. The fourth-order valence-electron chi connectivity index (χ4n) is 6.19. The number of carbonyl (C=O) groups is 1. The zero-order valence-corrected chi connectivity index (χ0v) is 22.2. The van der Waals surface area contributed by atoms with Gasteiger partial charge in [0, 0.05) is 30.8 Å². The molecule has 2 aliphatic rings. The number of fused-ring (bicyclic) bond motifs is 5. The molecule has 2 aliphatic carbocycles. The van der Waals surface area contributed by atoms with Gasteiger partial charge in [-0.2, -0.15) is 0 Å². The van der Waals surface area contributed by atoms with Gasteiger partial charge in [-0.05, 0) is 92.9 Å². The van der Waals surface area contributed by atoms with Crippen molar-refractivity contribution in [2.24, 2.45) is 5.92 Å². The van der Waals surface area contributed by atoms with Crippen molar-refractivity contribution in [3.05, 3.63) is 123 Å². The highest BCUT2D eigenvalue weighted by Crippen LogP contribution is 2.36. The maximum absolute atomic E-state index is 13.5. The van der Waals surface area contributed by atoms with Crippen LogP contribution in [0.2, 0.25) is 0 Å². The Balaban J connectivity index is 1.38.